The molecule has 0 amide bonds. The molecule has 6 heteroatoms. The number of non-ortho nitro benzene ring substituents is 1. The Bertz CT molecular complexity index is 576. The highest BCUT2D eigenvalue weighted by molar-refractivity contribution is 5.32. The second-order valence-electron chi connectivity index (χ2n) is 4.77. The lowest BCUT2D eigenvalue weighted by molar-refractivity contribution is -0.384. The van der Waals surface area contributed by atoms with Gasteiger partial charge in [-0.3, -0.25) is 14.8 Å². The Morgan fingerprint density at radius 3 is 2.60 bits per heavy atom. The average molecular weight is 275 g/mol. The van der Waals surface area contributed by atoms with E-state index in [0.29, 0.717) is 19.1 Å². The van der Waals surface area contributed by atoms with E-state index in [-0.39, 0.29) is 5.69 Å². The molecular weight excluding hydrogens is 258 g/mol. The highest BCUT2D eigenvalue weighted by Crippen LogP contribution is 2.14. The minimum atomic E-state index is -0.402. The zero-order valence-corrected chi connectivity index (χ0v) is 11.5. The summed E-state index contributed by atoms with van der Waals surface area (Å²) in [4.78, 5) is 10.1. The quantitative estimate of drug-likeness (QED) is 0.600. The van der Waals surface area contributed by atoms with Crippen molar-refractivity contribution in [3.63, 3.8) is 0 Å². The second kappa shape index (κ2) is 6.18. The van der Waals surface area contributed by atoms with Crippen molar-refractivity contribution in [2.75, 3.05) is 6.61 Å². The fourth-order valence-electron chi connectivity index (χ4n) is 1.75. The van der Waals surface area contributed by atoms with E-state index < -0.39 is 4.92 Å². The first kappa shape index (κ1) is 14.0. The molecule has 0 saturated carbocycles. The van der Waals surface area contributed by atoms with Gasteiger partial charge in [0.2, 0.25) is 0 Å². The first-order valence-electron chi connectivity index (χ1n) is 6.46. The summed E-state index contributed by atoms with van der Waals surface area (Å²) in [5.41, 5.74) is 1.11. The van der Waals surface area contributed by atoms with Crippen LogP contribution in [-0.2, 0) is 6.42 Å². The molecule has 0 saturated heterocycles. The first-order valence-corrected chi connectivity index (χ1v) is 6.46. The van der Waals surface area contributed by atoms with Crippen molar-refractivity contribution >= 4 is 5.69 Å². The Labute approximate surface area is 117 Å². The van der Waals surface area contributed by atoms with Gasteiger partial charge in [-0.05, 0) is 19.4 Å². The van der Waals surface area contributed by atoms with Gasteiger partial charge < -0.3 is 4.74 Å². The predicted molar refractivity (Wildman–Crippen MR) is 74.9 cm³/mol. The summed E-state index contributed by atoms with van der Waals surface area (Å²) in [5.74, 6) is 0.737. The van der Waals surface area contributed by atoms with Gasteiger partial charge >= 0.3 is 0 Å². The van der Waals surface area contributed by atoms with Crippen molar-refractivity contribution < 1.29 is 9.66 Å². The molecule has 2 rings (SSSR count). The Hall–Kier alpha value is -2.37. The summed E-state index contributed by atoms with van der Waals surface area (Å²) >= 11 is 0. The van der Waals surface area contributed by atoms with E-state index in [4.69, 9.17) is 4.74 Å². The maximum Gasteiger partial charge on any atom is 0.269 e. The van der Waals surface area contributed by atoms with E-state index in [2.05, 4.69) is 5.10 Å². The van der Waals surface area contributed by atoms with Gasteiger partial charge in [0, 0.05) is 24.6 Å². The van der Waals surface area contributed by atoms with Crippen LogP contribution in [0.2, 0.25) is 0 Å². The number of nitrogens with zero attached hydrogens (tertiary/aromatic N) is 3. The van der Waals surface area contributed by atoms with Crippen LogP contribution in [0.4, 0.5) is 5.69 Å². The topological polar surface area (TPSA) is 70.2 Å². The third-order valence-electron chi connectivity index (χ3n) is 2.91. The van der Waals surface area contributed by atoms with Gasteiger partial charge in [0.1, 0.15) is 0 Å². The fourth-order valence-corrected chi connectivity index (χ4v) is 1.75. The molecule has 2 aromatic rings. The summed E-state index contributed by atoms with van der Waals surface area (Å²) in [5, 5.41) is 14.7. The zero-order chi connectivity index (χ0) is 14.5. The van der Waals surface area contributed by atoms with Crippen molar-refractivity contribution in [1.29, 1.82) is 0 Å². The number of hydrogen-bond donors (Lipinski definition) is 0. The normalized spacial score (nSPS) is 10.8. The molecule has 6 nitrogen and oxygen atoms in total. The van der Waals surface area contributed by atoms with E-state index in [1.165, 1.54) is 12.1 Å². The molecule has 0 N–H and O–H groups in total. The third-order valence-corrected chi connectivity index (χ3v) is 2.91. The van der Waals surface area contributed by atoms with E-state index in [0.717, 1.165) is 11.3 Å². The molecule has 0 bridgehead atoms. The second-order valence-corrected chi connectivity index (χ2v) is 4.77. The highest BCUT2D eigenvalue weighted by Gasteiger charge is 2.05. The zero-order valence-electron chi connectivity index (χ0n) is 11.5. The molecular formula is C14H17N3O3. The smallest absolute Gasteiger partial charge is 0.269 e. The largest absolute Gasteiger partial charge is 0.490 e. The number of nitro groups is 1. The number of rotatable bonds is 6. The SMILES string of the molecule is CC(C)n1cc(OCCc2ccc([N+](=O)[O-])cc2)cn1. The van der Waals surface area contributed by atoms with Crippen molar-refractivity contribution in [2.45, 2.75) is 26.3 Å². The highest BCUT2D eigenvalue weighted by atomic mass is 16.6. The molecule has 20 heavy (non-hydrogen) atoms. The minimum absolute atomic E-state index is 0.105. The van der Waals surface area contributed by atoms with Gasteiger partial charge in [0.25, 0.3) is 5.69 Å². The minimum Gasteiger partial charge on any atom is -0.490 e. The molecule has 0 atom stereocenters. The molecule has 0 unspecified atom stereocenters. The van der Waals surface area contributed by atoms with Crippen molar-refractivity contribution in [2.24, 2.45) is 0 Å². The summed E-state index contributed by atoms with van der Waals surface area (Å²) in [6.07, 6.45) is 4.25. The van der Waals surface area contributed by atoms with Gasteiger partial charge in [-0.15, -0.1) is 0 Å². The van der Waals surface area contributed by atoms with E-state index in [1.54, 1.807) is 18.3 Å². The van der Waals surface area contributed by atoms with Gasteiger partial charge in [0.15, 0.2) is 5.75 Å². The van der Waals surface area contributed by atoms with Crippen LogP contribution >= 0.6 is 0 Å². The monoisotopic (exact) mass is 275 g/mol. The fraction of sp³-hybridized carbons (Fsp3) is 0.357. The van der Waals surface area contributed by atoms with Crippen LogP contribution < -0.4 is 4.74 Å². The molecule has 0 spiro atoms. The van der Waals surface area contributed by atoms with Crippen LogP contribution in [0.3, 0.4) is 0 Å². The lowest BCUT2D eigenvalue weighted by atomic mass is 10.1. The number of aromatic nitrogens is 2. The van der Waals surface area contributed by atoms with Gasteiger partial charge in [-0.25, -0.2) is 0 Å². The van der Waals surface area contributed by atoms with Crippen LogP contribution in [0.15, 0.2) is 36.7 Å². The molecule has 1 aromatic carbocycles. The maximum absolute atomic E-state index is 10.5. The van der Waals surface area contributed by atoms with E-state index in [1.807, 2.05) is 24.7 Å². The molecule has 0 aliphatic heterocycles. The van der Waals surface area contributed by atoms with Crippen LogP contribution in [0.25, 0.3) is 0 Å². The summed E-state index contributed by atoms with van der Waals surface area (Å²) in [6, 6.07) is 6.82. The average Bonchev–Trinajstić information content (AvgIpc) is 2.88. The number of ether oxygens (including phenoxy) is 1. The van der Waals surface area contributed by atoms with Crippen LogP contribution in [0, 0.1) is 10.1 Å². The van der Waals surface area contributed by atoms with Gasteiger partial charge in [0.05, 0.1) is 23.9 Å². The van der Waals surface area contributed by atoms with E-state index in [9.17, 15) is 10.1 Å². The molecule has 0 aliphatic carbocycles. The molecule has 0 aliphatic rings. The summed E-state index contributed by atoms with van der Waals surface area (Å²) in [7, 11) is 0. The Balaban J connectivity index is 1.84. The van der Waals surface area contributed by atoms with Gasteiger partial charge in [-0.1, -0.05) is 12.1 Å². The number of hydrogen-bond acceptors (Lipinski definition) is 4. The maximum atomic E-state index is 10.5. The molecule has 106 valence electrons. The third kappa shape index (κ3) is 3.57. The molecule has 1 heterocycles. The van der Waals surface area contributed by atoms with Crippen molar-refractivity contribution in [3.8, 4) is 5.75 Å². The van der Waals surface area contributed by atoms with Crippen LogP contribution in [0.1, 0.15) is 25.5 Å². The molecule has 0 fully saturated rings. The Morgan fingerprint density at radius 1 is 1.35 bits per heavy atom. The number of benzene rings is 1. The number of nitro benzene ring substituents is 1. The summed E-state index contributed by atoms with van der Waals surface area (Å²) in [6.45, 7) is 4.61. The Kier molecular flexibility index (Phi) is 4.34. The lowest BCUT2D eigenvalue weighted by Gasteiger charge is -2.05. The van der Waals surface area contributed by atoms with Crippen LogP contribution in [0.5, 0.6) is 5.75 Å². The van der Waals surface area contributed by atoms with Crippen LogP contribution in [-0.4, -0.2) is 21.3 Å². The van der Waals surface area contributed by atoms with E-state index >= 15 is 0 Å². The molecule has 0 radical (unpaired) electrons. The first-order chi connectivity index (χ1) is 9.56. The predicted octanol–water partition coefficient (Wildman–Crippen LogP) is 2.99. The lowest BCUT2D eigenvalue weighted by Crippen LogP contribution is -2.02. The Morgan fingerprint density at radius 2 is 2.05 bits per heavy atom. The molecule has 1 aromatic heterocycles. The van der Waals surface area contributed by atoms with Crippen molar-refractivity contribution in [1.82, 2.24) is 9.78 Å². The van der Waals surface area contributed by atoms with Crippen molar-refractivity contribution in [3.05, 3.63) is 52.3 Å². The standard InChI is InChI=1S/C14H17N3O3/c1-11(2)16-10-14(9-15-16)20-8-7-12-3-5-13(6-4-12)17(18)19/h3-6,9-11H,7-8H2,1-2H3. The van der Waals surface area contributed by atoms with Gasteiger partial charge in [-0.2, -0.15) is 5.10 Å². The summed E-state index contributed by atoms with van der Waals surface area (Å²) < 4.78 is 7.44.